The molecule has 0 unspecified atom stereocenters. The summed E-state index contributed by atoms with van der Waals surface area (Å²) in [6.07, 6.45) is 2.26. The highest BCUT2D eigenvalue weighted by atomic mass is 16.3. The van der Waals surface area contributed by atoms with E-state index in [4.69, 9.17) is 0 Å². The second kappa shape index (κ2) is 5.42. The third kappa shape index (κ3) is 3.83. The Labute approximate surface area is 124 Å². The molecular formula is C15H24N4O2. The van der Waals surface area contributed by atoms with Gasteiger partial charge in [0, 0.05) is 44.7 Å². The van der Waals surface area contributed by atoms with Crippen molar-refractivity contribution >= 4 is 5.82 Å². The first kappa shape index (κ1) is 14.5. The predicted molar refractivity (Wildman–Crippen MR) is 81.8 cm³/mol. The third-order valence-electron chi connectivity index (χ3n) is 4.02. The molecule has 2 N–H and O–H groups in total. The highest BCUT2D eigenvalue weighted by molar-refractivity contribution is 5.38. The van der Waals surface area contributed by atoms with Gasteiger partial charge in [0.15, 0.2) is 0 Å². The quantitative estimate of drug-likeness (QED) is 0.847. The first-order valence-corrected chi connectivity index (χ1v) is 7.72. The topological polar surface area (TPSA) is 72.5 Å². The summed E-state index contributed by atoms with van der Waals surface area (Å²) in [6, 6.07) is 1.59. The molecule has 1 saturated carbocycles. The van der Waals surface area contributed by atoms with Crippen LogP contribution in [-0.4, -0.2) is 58.3 Å². The van der Waals surface area contributed by atoms with E-state index < -0.39 is 5.60 Å². The first-order chi connectivity index (χ1) is 9.90. The first-order valence-electron chi connectivity index (χ1n) is 7.72. The molecule has 1 aromatic rings. The largest absolute Gasteiger partial charge is 0.389 e. The van der Waals surface area contributed by atoms with Crippen LogP contribution in [0.3, 0.4) is 0 Å². The van der Waals surface area contributed by atoms with Crippen molar-refractivity contribution in [3.05, 3.63) is 22.2 Å². The molecule has 0 bridgehead atoms. The summed E-state index contributed by atoms with van der Waals surface area (Å²) >= 11 is 0. The molecule has 2 heterocycles. The molecule has 0 aromatic carbocycles. The second-order valence-electron chi connectivity index (χ2n) is 6.84. The molecule has 0 spiro atoms. The summed E-state index contributed by atoms with van der Waals surface area (Å²) in [5.41, 5.74) is -0.718. The van der Waals surface area contributed by atoms with Gasteiger partial charge in [-0.25, -0.2) is 4.98 Å². The zero-order chi connectivity index (χ0) is 15.0. The standard InChI is InChI=1S/C15H24N4O2/c1-15(2,21)10-18-5-7-19(8-6-18)12-9-13(20)17-14(16-12)11-3-4-11/h9,11,21H,3-8,10H2,1-2H3,(H,16,17,20). The molecule has 21 heavy (non-hydrogen) atoms. The lowest BCUT2D eigenvalue weighted by Crippen LogP contribution is -2.50. The summed E-state index contributed by atoms with van der Waals surface area (Å²) in [7, 11) is 0. The number of hydrogen-bond acceptors (Lipinski definition) is 5. The Bertz CT molecular complexity index is 552. The smallest absolute Gasteiger partial charge is 0.252 e. The van der Waals surface area contributed by atoms with Crippen LogP contribution in [0.5, 0.6) is 0 Å². The van der Waals surface area contributed by atoms with Crippen molar-refractivity contribution in [1.29, 1.82) is 0 Å². The number of anilines is 1. The number of rotatable bonds is 4. The van der Waals surface area contributed by atoms with E-state index in [1.807, 2.05) is 13.8 Å². The average Bonchev–Trinajstić information content (AvgIpc) is 3.21. The Morgan fingerprint density at radius 2 is 2.00 bits per heavy atom. The van der Waals surface area contributed by atoms with Gasteiger partial charge in [0.2, 0.25) is 0 Å². The van der Waals surface area contributed by atoms with E-state index in [-0.39, 0.29) is 5.56 Å². The maximum atomic E-state index is 11.8. The van der Waals surface area contributed by atoms with Crippen molar-refractivity contribution in [3.8, 4) is 0 Å². The van der Waals surface area contributed by atoms with Crippen molar-refractivity contribution in [2.45, 2.75) is 38.2 Å². The average molecular weight is 292 g/mol. The zero-order valence-electron chi connectivity index (χ0n) is 12.8. The number of aromatic nitrogens is 2. The van der Waals surface area contributed by atoms with E-state index >= 15 is 0 Å². The molecule has 0 radical (unpaired) electrons. The van der Waals surface area contributed by atoms with Gasteiger partial charge in [0.25, 0.3) is 5.56 Å². The van der Waals surface area contributed by atoms with Gasteiger partial charge >= 0.3 is 0 Å². The molecule has 1 aromatic heterocycles. The van der Waals surface area contributed by atoms with Gasteiger partial charge in [-0.2, -0.15) is 0 Å². The van der Waals surface area contributed by atoms with Crippen LogP contribution in [0, 0.1) is 0 Å². The number of piperazine rings is 1. The molecule has 0 atom stereocenters. The van der Waals surface area contributed by atoms with Crippen molar-refractivity contribution in [3.63, 3.8) is 0 Å². The van der Waals surface area contributed by atoms with Gasteiger partial charge in [0.1, 0.15) is 11.6 Å². The molecule has 3 rings (SSSR count). The van der Waals surface area contributed by atoms with Crippen LogP contribution in [0.4, 0.5) is 5.82 Å². The van der Waals surface area contributed by atoms with Crippen LogP contribution < -0.4 is 10.5 Å². The van der Waals surface area contributed by atoms with Crippen LogP contribution in [-0.2, 0) is 0 Å². The Morgan fingerprint density at radius 1 is 1.33 bits per heavy atom. The lowest BCUT2D eigenvalue weighted by atomic mass is 10.1. The van der Waals surface area contributed by atoms with Gasteiger partial charge in [-0.1, -0.05) is 0 Å². The fraction of sp³-hybridized carbons (Fsp3) is 0.733. The minimum Gasteiger partial charge on any atom is -0.389 e. The molecule has 2 aliphatic rings. The molecule has 1 saturated heterocycles. The summed E-state index contributed by atoms with van der Waals surface area (Å²) in [4.78, 5) is 23.7. The SMILES string of the molecule is CC(C)(O)CN1CCN(c2cc(=O)[nH]c(C3CC3)n2)CC1. The Hall–Kier alpha value is -1.40. The monoisotopic (exact) mass is 292 g/mol. The summed E-state index contributed by atoms with van der Waals surface area (Å²) in [6.45, 7) is 7.80. The highest BCUT2D eigenvalue weighted by Gasteiger charge is 2.28. The van der Waals surface area contributed by atoms with E-state index in [1.165, 1.54) is 0 Å². The maximum Gasteiger partial charge on any atom is 0.252 e. The number of hydrogen-bond donors (Lipinski definition) is 2. The van der Waals surface area contributed by atoms with Crippen LogP contribution in [0.1, 0.15) is 38.4 Å². The van der Waals surface area contributed by atoms with Crippen LogP contribution in [0.15, 0.2) is 10.9 Å². The highest BCUT2D eigenvalue weighted by Crippen LogP contribution is 2.37. The van der Waals surface area contributed by atoms with E-state index in [9.17, 15) is 9.90 Å². The Balaban J connectivity index is 1.65. The molecular weight excluding hydrogens is 268 g/mol. The summed E-state index contributed by atoms with van der Waals surface area (Å²) in [5.74, 6) is 2.09. The van der Waals surface area contributed by atoms with E-state index in [2.05, 4.69) is 19.8 Å². The lowest BCUT2D eigenvalue weighted by Gasteiger charge is -2.37. The van der Waals surface area contributed by atoms with Crippen molar-refractivity contribution in [2.24, 2.45) is 0 Å². The van der Waals surface area contributed by atoms with Gasteiger partial charge in [-0.3, -0.25) is 9.69 Å². The van der Waals surface area contributed by atoms with Gasteiger partial charge in [0.05, 0.1) is 5.60 Å². The van der Waals surface area contributed by atoms with Crippen LogP contribution in [0.25, 0.3) is 0 Å². The molecule has 1 aliphatic carbocycles. The fourth-order valence-electron chi connectivity index (χ4n) is 2.86. The number of H-pyrrole nitrogens is 1. The van der Waals surface area contributed by atoms with E-state index in [0.717, 1.165) is 50.7 Å². The number of aromatic amines is 1. The van der Waals surface area contributed by atoms with Crippen LogP contribution >= 0.6 is 0 Å². The molecule has 6 nitrogen and oxygen atoms in total. The number of aliphatic hydroxyl groups is 1. The Kier molecular flexibility index (Phi) is 3.75. The van der Waals surface area contributed by atoms with Crippen LogP contribution in [0.2, 0.25) is 0 Å². The Morgan fingerprint density at radius 3 is 2.57 bits per heavy atom. The van der Waals surface area contributed by atoms with Gasteiger partial charge < -0.3 is 15.0 Å². The summed E-state index contributed by atoms with van der Waals surface area (Å²) in [5, 5.41) is 9.88. The fourth-order valence-corrected chi connectivity index (χ4v) is 2.86. The number of nitrogens with one attached hydrogen (secondary N) is 1. The number of β-amino-alcohol motifs (C(OH)–C–C–N with tert-alkyl or cyclic N) is 1. The molecule has 0 amide bonds. The van der Waals surface area contributed by atoms with Gasteiger partial charge in [-0.05, 0) is 26.7 Å². The van der Waals surface area contributed by atoms with Crippen molar-refractivity contribution in [2.75, 3.05) is 37.6 Å². The predicted octanol–water partition coefficient (Wildman–Crippen LogP) is 0.540. The molecule has 6 heteroatoms. The molecule has 116 valence electrons. The lowest BCUT2D eigenvalue weighted by molar-refractivity contribution is 0.0344. The minimum atomic E-state index is -0.663. The van der Waals surface area contributed by atoms with Gasteiger partial charge in [-0.15, -0.1) is 0 Å². The second-order valence-corrected chi connectivity index (χ2v) is 6.84. The minimum absolute atomic E-state index is 0.0548. The van der Waals surface area contributed by atoms with E-state index in [1.54, 1.807) is 6.07 Å². The third-order valence-corrected chi connectivity index (χ3v) is 4.02. The number of nitrogens with zero attached hydrogens (tertiary/aromatic N) is 3. The normalized spacial score (nSPS) is 20.8. The van der Waals surface area contributed by atoms with Crippen molar-refractivity contribution < 1.29 is 5.11 Å². The van der Waals surface area contributed by atoms with E-state index in [0.29, 0.717) is 12.5 Å². The maximum absolute atomic E-state index is 11.8. The molecule has 2 fully saturated rings. The zero-order valence-corrected chi connectivity index (χ0v) is 12.8. The summed E-state index contributed by atoms with van der Waals surface area (Å²) < 4.78 is 0. The van der Waals surface area contributed by atoms with Crippen molar-refractivity contribution in [1.82, 2.24) is 14.9 Å². The molecule has 1 aliphatic heterocycles.